The Morgan fingerprint density at radius 2 is 2.31 bits per heavy atom. The van der Waals surface area contributed by atoms with Crippen molar-refractivity contribution >= 4 is 34.8 Å². The smallest absolute Gasteiger partial charge is 0.230 e. The Bertz CT molecular complexity index is 661. The van der Waals surface area contributed by atoms with Gasteiger partial charge in [-0.15, -0.1) is 0 Å². The molecule has 0 amide bonds. The van der Waals surface area contributed by atoms with Crippen LogP contribution in [0.1, 0.15) is 6.42 Å². The monoisotopic (exact) mass is 236 g/mol. The van der Waals surface area contributed by atoms with E-state index in [0.717, 1.165) is 29.1 Å². The lowest BCUT2D eigenvalue weighted by Crippen LogP contribution is -2.44. The molecule has 5 heteroatoms. The summed E-state index contributed by atoms with van der Waals surface area (Å²) in [6.07, 6.45) is 2.70. The average molecular weight is 237 g/mol. The summed E-state index contributed by atoms with van der Waals surface area (Å²) in [5.41, 5.74) is 7.66. The van der Waals surface area contributed by atoms with E-state index in [0.29, 0.717) is 10.7 Å². The van der Waals surface area contributed by atoms with E-state index in [1.807, 2.05) is 7.05 Å². The summed E-state index contributed by atoms with van der Waals surface area (Å²) in [6.45, 7) is 0.887. The van der Waals surface area contributed by atoms with E-state index >= 15 is 0 Å². The van der Waals surface area contributed by atoms with Gasteiger partial charge in [-0.1, -0.05) is 11.6 Å². The van der Waals surface area contributed by atoms with Gasteiger partial charge in [-0.25, -0.2) is 4.58 Å². The fourth-order valence-electron chi connectivity index (χ4n) is 2.28. The van der Waals surface area contributed by atoms with Crippen LogP contribution in [0.2, 0.25) is 5.02 Å². The second-order valence-electron chi connectivity index (χ2n) is 4.10. The minimum absolute atomic E-state index is 0.00898. The molecule has 0 saturated carbocycles. The van der Waals surface area contributed by atoms with Crippen LogP contribution in [-0.4, -0.2) is 24.9 Å². The lowest BCUT2D eigenvalue weighted by Gasteiger charge is -2.09. The topological polar surface area (TPSA) is 61.6 Å². The normalized spacial score (nSPS) is 16.9. The Morgan fingerprint density at radius 3 is 3.06 bits per heavy atom. The largest absolute Gasteiger partial charge is 0.504 e. The van der Waals surface area contributed by atoms with Crippen LogP contribution in [0.15, 0.2) is 4.99 Å². The number of phenols is 1. The third-order valence-electron chi connectivity index (χ3n) is 3.17. The number of nitrogens with zero attached hydrogens (tertiary/aromatic N) is 2. The van der Waals surface area contributed by atoms with E-state index in [1.165, 1.54) is 0 Å². The third-order valence-corrected chi connectivity index (χ3v) is 3.55. The van der Waals surface area contributed by atoms with Crippen molar-refractivity contribution < 1.29 is 5.11 Å². The van der Waals surface area contributed by atoms with Crippen LogP contribution in [0.25, 0.3) is 5.57 Å². The maximum atomic E-state index is 9.89. The fourth-order valence-corrected chi connectivity index (χ4v) is 2.61. The van der Waals surface area contributed by atoms with Gasteiger partial charge in [-0.05, 0) is 5.57 Å². The number of phenolic OH excluding ortho intramolecular Hbond substituents is 1. The summed E-state index contributed by atoms with van der Waals surface area (Å²) < 4.78 is 2.05. The van der Waals surface area contributed by atoms with E-state index in [1.54, 1.807) is 6.21 Å². The molecular formula is C11H11ClN3O+. The van der Waals surface area contributed by atoms with Crippen molar-refractivity contribution in [1.82, 2.24) is 4.58 Å². The van der Waals surface area contributed by atoms with Crippen molar-refractivity contribution in [3.8, 4) is 5.75 Å². The molecule has 0 aliphatic carbocycles. The van der Waals surface area contributed by atoms with Crippen LogP contribution in [0.4, 0.5) is 11.4 Å². The van der Waals surface area contributed by atoms with Gasteiger partial charge in [0.15, 0.2) is 5.75 Å². The molecule has 3 N–H and O–H groups in total. The van der Waals surface area contributed by atoms with Crippen LogP contribution >= 0.6 is 11.6 Å². The lowest BCUT2D eigenvalue weighted by molar-refractivity contribution is 0.478. The van der Waals surface area contributed by atoms with Crippen molar-refractivity contribution in [1.29, 1.82) is 0 Å². The quantitative estimate of drug-likeness (QED) is 0.379. The molecule has 2 aliphatic rings. The highest BCUT2D eigenvalue weighted by Crippen LogP contribution is 2.34. The Balaban J connectivity index is 2.67. The molecule has 0 saturated heterocycles. The van der Waals surface area contributed by atoms with Crippen molar-refractivity contribution in [3.05, 3.63) is 15.6 Å². The summed E-state index contributed by atoms with van der Waals surface area (Å²) in [7, 11) is 1.97. The minimum Gasteiger partial charge on any atom is -0.504 e. The number of benzene rings is 1. The maximum absolute atomic E-state index is 9.89. The highest BCUT2D eigenvalue weighted by Gasteiger charge is 2.26. The molecule has 3 rings (SSSR count). The van der Waals surface area contributed by atoms with Gasteiger partial charge in [-0.2, -0.15) is 0 Å². The molecular weight excluding hydrogens is 226 g/mol. The fraction of sp³-hybridized carbons (Fsp3) is 0.273. The molecule has 4 nitrogen and oxygen atoms in total. The van der Waals surface area contributed by atoms with Gasteiger partial charge in [0, 0.05) is 12.6 Å². The van der Waals surface area contributed by atoms with Crippen molar-refractivity contribution in [3.63, 3.8) is 0 Å². The molecule has 1 aromatic carbocycles. The first-order valence-corrected chi connectivity index (χ1v) is 5.44. The zero-order valence-corrected chi connectivity index (χ0v) is 9.54. The highest BCUT2D eigenvalue weighted by molar-refractivity contribution is 6.33. The number of aliphatic imine (C=N–C) groups is 1. The molecule has 16 heavy (non-hydrogen) atoms. The molecule has 0 unspecified atom stereocenters. The second kappa shape index (κ2) is 2.98. The molecule has 0 radical (unpaired) electrons. The van der Waals surface area contributed by atoms with Gasteiger partial charge < -0.3 is 10.8 Å². The number of hydrogen-bond acceptors (Lipinski definition) is 3. The summed E-state index contributed by atoms with van der Waals surface area (Å²) in [6, 6.07) is 0. The maximum Gasteiger partial charge on any atom is 0.230 e. The molecule has 0 fully saturated rings. The second-order valence-corrected chi connectivity index (χ2v) is 4.48. The zero-order valence-electron chi connectivity index (χ0n) is 8.79. The van der Waals surface area contributed by atoms with E-state index in [2.05, 4.69) is 9.57 Å². The van der Waals surface area contributed by atoms with Gasteiger partial charge in [-0.3, -0.25) is 4.99 Å². The van der Waals surface area contributed by atoms with Crippen LogP contribution in [-0.2, 0) is 0 Å². The summed E-state index contributed by atoms with van der Waals surface area (Å²) in [5, 5.41) is 12.1. The summed E-state index contributed by atoms with van der Waals surface area (Å²) in [4.78, 5) is 4.21. The van der Waals surface area contributed by atoms with Crippen molar-refractivity contribution in [2.45, 2.75) is 6.42 Å². The molecule has 0 spiro atoms. The lowest BCUT2D eigenvalue weighted by atomic mass is 10.1. The average Bonchev–Trinajstić information content (AvgIpc) is 2.68. The standard InChI is InChI=1S/C11H10ClN3O/c1-15-3-2-5-4-14-9-6(5)10(15)7(12)8(13)11(9)16/h4H,2-3H2,1H3,(H2,13,14,16)/p+1. The predicted molar refractivity (Wildman–Crippen MR) is 65.0 cm³/mol. The third kappa shape index (κ3) is 0.998. The number of aromatic hydroxyl groups is 1. The van der Waals surface area contributed by atoms with Gasteiger partial charge in [0.25, 0.3) is 0 Å². The Morgan fingerprint density at radius 1 is 1.56 bits per heavy atom. The van der Waals surface area contributed by atoms with Crippen LogP contribution < -0.4 is 20.9 Å². The van der Waals surface area contributed by atoms with E-state index < -0.39 is 0 Å². The number of rotatable bonds is 0. The van der Waals surface area contributed by atoms with Crippen molar-refractivity contribution in [2.75, 3.05) is 19.3 Å². The minimum atomic E-state index is -0.00898. The first kappa shape index (κ1) is 9.66. The summed E-state index contributed by atoms with van der Waals surface area (Å²) in [5.74, 6) is -0.00898. The molecule has 0 atom stereocenters. The molecule has 0 aromatic heterocycles. The van der Waals surface area contributed by atoms with Crippen molar-refractivity contribution in [2.24, 2.45) is 4.99 Å². The first-order chi connectivity index (χ1) is 7.61. The van der Waals surface area contributed by atoms with Crippen LogP contribution in [0, 0.1) is 0 Å². The number of anilines is 1. The Labute approximate surface area is 97.0 Å². The Hall–Kier alpha value is -1.55. The number of nitrogen functional groups attached to an aromatic ring is 1. The SMILES string of the molecule is C[N+]1=c2c(Cl)c(N)c(O)c3c2=C(C=N3)CC1. The molecule has 2 aliphatic heterocycles. The van der Waals surface area contributed by atoms with Gasteiger partial charge in [0.1, 0.15) is 30.0 Å². The molecule has 0 bridgehead atoms. The number of halogens is 1. The molecule has 2 heterocycles. The van der Waals surface area contributed by atoms with E-state index in [4.69, 9.17) is 17.3 Å². The van der Waals surface area contributed by atoms with Crippen LogP contribution in [0.5, 0.6) is 5.75 Å². The van der Waals surface area contributed by atoms with Gasteiger partial charge in [0.05, 0.1) is 5.22 Å². The van der Waals surface area contributed by atoms with Crippen LogP contribution in [0.3, 0.4) is 0 Å². The van der Waals surface area contributed by atoms with E-state index in [-0.39, 0.29) is 11.4 Å². The predicted octanol–water partition coefficient (Wildman–Crippen LogP) is 0.0190. The summed E-state index contributed by atoms with van der Waals surface area (Å²) >= 11 is 6.18. The Kier molecular flexibility index (Phi) is 1.80. The first-order valence-electron chi connectivity index (χ1n) is 5.06. The van der Waals surface area contributed by atoms with Gasteiger partial charge >= 0.3 is 0 Å². The molecule has 82 valence electrons. The van der Waals surface area contributed by atoms with Gasteiger partial charge in [0.2, 0.25) is 5.36 Å². The zero-order chi connectivity index (χ0) is 11.4. The highest BCUT2D eigenvalue weighted by atomic mass is 35.5. The number of nitrogens with two attached hydrogens (primary N) is 1. The molecule has 1 aromatic rings. The number of hydrogen-bond donors (Lipinski definition) is 2. The van der Waals surface area contributed by atoms with E-state index in [9.17, 15) is 5.11 Å².